The maximum atomic E-state index is 5.74. The molecule has 3 rings (SSSR count). The lowest BCUT2D eigenvalue weighted by molar-refractivity contribution is 0.133. The Hall–Kier alpha value is -2.20. The van der Waals surface area contributed by atoms with Gasteiger partial charge in [0.05, 0.1) is 6.61 Å². The molecule has 0 radical (unpaired) electrons. The summed E-state index contributed by atoms with van der Waals surface area (Å²) in [6.07, 6.45) is 4.98. The van der Waals surface area contributed by atoms with Crippen LogP contribution in [0.15, 0.2) is 59.7 Å². The average Bonchev–Trinajstić information content (AvgIpc) is 3.17. The molecule has 1 aromatic carbocycles. The standard InChI is InChI=1S/C22H30N6O.HI/c1-2-23-22(25-18-21-27-26-20-12-6-8-15-28(20)21)24-14-7-9-16-29-17-13-19-10-4-3-5-11-19;/h3-6,8,10-12,15H,2,7,9,13-14,16-18H2,1H3,(H2,23,24,25);1H. The number of benzene rings is 1. The van der Waals surface area contributed by atoms with Crippen molar-refractivity contribution in [1.82, 2.24) is 25.2 Å². The van der Waals surface area contributed by atoms with Gasteiger partial charge in [-0.1, -0.05) is 36.4 Å². The third-order valence-electron chi connectivity index (χ3n) is 4.49. The third-order valence-corrected chi connectivity index (χ3v) is 4.49. The molecule has 2 heterocycles. The number of aromatic nitrogens is 3. The summed E-state index contributed by atoms with van der Waals surface area (Å²) in [6, 6.07) is 16.3. The van der Waals surface area contributed by atoms with Crippen molar-refractivity contribution in [3.63, 3.8) is 0 Å². The molecule has 7 nitrogen and oxygen atoms in total. The number of halogens is 1. The van der Waals surface area contributed by atoms with Crippen LogP contribution in [0.4, 0.5) is 0 Å². The number of aliphatic imine (C=N–C) groups is 1. The number of guanidine groups is 1. The minimum Gasteiger partial charge on any atom is -0.381 e. The Kier molecular flexibility index (Phi) is 11.2. The second-order valence-electron chi connectivity index (χ2n) is 6.72. The summed E-state index contributed by atoms with van der Waals surface area (Å²) >= 11 is 0. The molecule has 0 spiro atoms. The van der Waals surface area contributed by atoms with Crippen molar-refractivity contribution in [1.29, 1.82) is 0 Å². The fourth-order valence-corrected chi connectivity index (χ4v) is 2.96. The molecule has 0 aliphatic heterocycles. The van der Waals surface area contributed by atoms with E-state index in [0.717, 1.165) is 63.0 Å². The van der Waals surface area contributed by atoms with Crippen LogP contribution in [0.2, 0.25) is 0 Å². The van der Waals surface area contributed by atoms with Crippen LogP contribution in [0.1, 0.15) is 31.2 Å². The molecule has 0 saturated carbocycles. The molecule has 0 saturated heterocycles. The Balaban J connectivity index is 0.00000320. The van der Waals surface area contributed by atoms with Crippen molar-refractivity contribution < 1.29 is 4.74 Å². The van der Waals surface area contributed by atoms with Crippen LogP contribution in [0.5, 0.6) is 0 Å². The normalized spacial score (nSPS) is 11.3. The van der Waals surface area contributed by atoms with Crippen LogP contribution < -0.4 is 10.6 Å². The highest BCUT2D eigenvalue weighted by Gasteiger charge is 2.04. The second-order valence-corrected chi connectivity index (χ2v) is 6.72. The second kappa shape index (κ2) is 13.9. The molecule has 0 atom stereocenters. The van der Waals surface area contributed by atoms with E-state index in [0.29, 0.717) is 6.54 Å². The molecule has 3 aromatic rings. The zero-order valence-electron chi connectivity index (χ0n) is 17.5. The lowest BCUT2D eigenvalue weighted by atomic mass is 10.2. The molecular weight excluding hydrogens is 491 g/mol. The predicted octanol–water partition coefficient (Wildman–Crippen LogP) is 3.44. The van der Waals surface area contributed by atoms with E-state index in [9.17, 15) is 0 Å². The number of nitrogens with zero attached hydrogens (tertiary/aromatic N) is 4. The van der Waals surface area contributed by atoms with Gasteiger partial charge >= 0.3 is 0 Å². The van der Waals surface area contributed by atoms with E-state index in [2.05, 4.69) is 57.0 Å². The van der Waals surface area contributed by atoms with Crippen molar-refractivity contribution in [2.75, 3.05) is 26.3 Å². The topological polar surface area (TPSA) is 75.8 Å². The summed E-state index contributed by atoms with van der Waals surface area (Å²) < 4.78 is 7.70. The zero-order chi connectivity index (χ0) is 20.2. The van der Waals surface area contributed by atoms with Crippen molar-refractivity contribution in [2.24, 2.45) is 4.99 Å². The highest BCUT2D eigenvalue weighted by atomic mass is 127. The molecule has 30 heavy (non-hydrogen) atoms. The number of hydrogen-bond donors (Lipinski definition) is 2. The van der Waals surface area contributed by atoms with E-state index in [1.807, 2.05) is 34.9 Å². The molecule has 2 aromatic heterocycles. The van der Waals surface area contributed by atoms with Crippen LogP contribution in [-0.2, 0) is 17.7 Å². The summed E-state index contributed by atoms with van der Waals surface area (Å²) in [4.78, 5) is 4.63. The third kappa shape index (κ3) is 7.91. The average molecular weight is 522 g/mol. The van der Waals surface area contributed by atoms with Crippen LogP contribution >= 0.6 is 24.0 Å². The van der Waals surface area contributed by atoms with E-state index in [4.69, 9.17) is 4.74 Å². The van der Waals surface area contributed by atoms with Crippen LogP contribution in [0.3, 0.4) is 0 Å². The summed E-state index contributed by atoms with van der Waals surface area (Å²) in [6.45, 7) is 5.76. The number of unbranched alkanes of at least 4 members (excludes halogenated alkanes) is 1. The van der Waals surface area contributed by atoms with Crippen molar-refractivity contribution in [2.45, 2.75) is 32.7 Å². The molecule has 0 aliphatic carbocycles. The molecule has 0 unspecified atom stereocenters. The van der Waals surface area contributed by atoms with Gasteiger partial charge in [0.1, 0.15) is 6.54 Å². The van der Waals surface area contributed by atoms with Gasteiger partial charge in [-0.15, -0.1) is 34.2 Å². The summed E-state index contributed by atoms with van der Waals surface area (Å²) in [5.41, 5.74) is 2.16. The van der Waals surface area contributed by atoms with E-state index in [1.165, 1.54) is 5.56 Å². The Labute approximate surface area is 195 Å². The Morgan fingerprint density at radius 1 is 1.00 bits per heavy atom. The smallest absolute Gasteiger partial charge is 0.191 e. The van der Waals surface area contributed by atoms with Crippen molar-refractivity contribution in [3.05, 3.63) is 66.1 Å². The molecule has 8 heteroatoms. The first-order valence-electron chi connectivity index (χ1n) is 10.3. The lowest BCUT2D eigenvalue weighted by Gasteiger charge is -2.11. The Morgan fingerprint density at radius 3 is 2.67 bits per heavy atom. The first kappa shape index (κ1) is 24.1. The van der Waals surface area contributed by atoms with E-state index in [1.54, 1.807) is 0 Å². The molecular formula is C22H31IN6O. The van der Waals surface area contributed by atoms with Crippen LogP contribution in [0.25, 0.3) is 5.65 Å². The monoisotopic (exact) mass is 522 g/mol. The first-order valence-corrected chi connectivity index (χ1v) is 10.3. The SMILES string of the molecule is CCNC(=NCc1nnc2ccccn12)NCCCCOCCc1ccccc1.I. The van der Waals surface area contributed by atoms with Gasteiger partial charge in [-0.25, -0.2) is 4.99 Å². The van der Waals surface area contributed by atoms with Gasteiger partial charge in [-0.05, 0) is 43.9 Å². The molecule has 2 N–H and O–H groups in total. The number of rotatable bonds is 11. The predicted molar refractivity (Wildman–Crippen MR) is 131 cm³/mol. The fraction of sp³-hybridized carbons (Fsp3) is 0.409. The largest absolute Gasteiger partial charge is 0.381 e. The Morgan fingerprint density at radius 2 is 1.83 bits per heavy atom. The molecule has 162 valence electrons. The minimum atomic E-state index is 0. The number of hydrogen-bond acceptors (Lipinski definition) is 4. The highest BCUT2D eigenvalue weighted by Crippen LogP contribution is 2.04. The minimum absolute atomic E-state index is 0. The van der Waals surface area contributed by atoms with Crippen molar-refractivity contribution >= 4 is 35.6 Å². The maximum absolute atomic E-state index is 5.74. The highest BCUT2D eigenvalue weighted by molar-refractivity contribution is 14.0. The van der Waals surface area contributed by atoms with Gasteiger partial charge in [0.15, 0.2) is 17.4 Å². The van der Waals surface area contributed by atoms with Gasteiger partial charge in [0.25, 0.3) is 0 Å². The Bertz CT molecular complexity index is 883. The molecule has 0 aliphatic rings. The number of ether oxygens (including phenoxy) is 1. The van der Waals surface area contributed by atoms with Gasteiger partial charge in [-0.2, -0.15) is 0 Å². The van der Waals surface area contributed by atoms with E-state index >= 15 is 0 Å². The maximum Gasteiger partial charge on any atom is 0.191 e. The number of nitrogens with one attached hydrogen (secondary N) is 2. The van der Waals surface area contributed by atoms with E-state index < -0.39 is 0 Å². The van der Waals surface area contributed by atoms with Gasteiger partial charge < -0.3 is 15.4 Å². The fourth-order valence-electron chi connectivity index (χ4n) is 2.96. The zero-order valence-corrected chi connectivity index (χ0v) is 19.8. The lowest BCUT2D eigenvalue weighted by Crippen LogP contribution is -2.37. The van der Waals surface area contributed by atoms with Crippen LogP contribution in [0, 0.1) is 0 Å². The molecule has 0 bridgehead atoms. The summed E-state index contributed by atoms with van der Waals surface area (Å²) in [7, 11) is 0. The molecule has 0 amide bonds. The molecule has 0 fully saturated rings. The van der Waals surface area contributed by atoms with Gasteiger partial charge in [0.2, 0.25) is 0 Å². The number of fused-ring (bicyclic) bond motifs is 1. The van der Waals surface area contributed by atoms with Gasteiger partial charge in [0, 0.05) is 25.9 Å². The van der Waals surface area contributed by atoms with Crippen LogP contribution in [-0.4, -0.2) is 46.9 Å². The quantitative estimate of drug-likeness (QED) is 0.175. The first-order chi connectivity index (χ1) is 14.4. The summed E-state index contributed by atoms with van der Waals surface area (Å²) in [5, 5.41) is 15.0. The number of pyridine rings is 1. The van der Waals surface area contributed by atoms with Crippen molar-refractivity contribution in [3.8, 4) is 0 Å². The summed E-state index contributed by atoms with van der Waals surface area (Å²) in [5.74, 6) is 1.62. The van der Waals surface area contributed by atoms with Gasteiger partial charge in [-0.3, -0.25) is 4.40 Å². The van der Waals surface area contributed by atoms with E-state index in [-0.39, 0.29) is 24.0 Å².